The van der Waals surface area contributed by atoms with E-state index in [4.69, 9.17) is 5.11 Å². The van der Waals surface area contributed by atoms with Crippen molar-refractivity contribution in [3.8, 4) is 0 Å². The summed E-state index contributed by atoms with van der Waals surface area (Å²) in [6.07, 6.45) is -4.60. The normalized spacial score (nSPS) is 16.0. The minimum Gasteiger partial charge on any atom is -0.477 e. The Hall–Kier alpha value is -1.86. The summed E-state index contributed by atoms with van der Waals surface area (Å²) in [4.78, 5) is 13.2. The van der Waals surface area contributed by atoms with E-state index in [-0.39, 0.29) is 10.8 Å². The number of carboxylic acids is 1. The SMILES string of the molecule is O=C(O)c1sc(SC2(Cc3cccs3)N=NN=N2)nc1C(F)(F)F. The monoisotopic (exact) mass is 393 g/mol. The minimum atomic E-state index is -4.86. The van der Waals surface area contributed by atoms with Gasteiger partial charge in [0, 0.05) is 11.3 Å². The lowest BCUT2D eigenvalue weighted by Crippen LogP contribution is -2.19. The molecule has 13 heteroatoms. The van der Waals surface area contributed by atoms with Gasteiger partial charge in [0.2, 0.25) is 0 Å². The van der Waals surface area contributed by atoms with E-state index < -0.39 is 27.7 Å². The summed E-state index contributed by atoms with van der Waals surface area (Å²) in [6.45, 7) is 0. The Balaban J connectivity index is 1.93. The van der Waals surface area contributed by atoms with Crippen molar-refractivity contribution in [3.05, 3.63) is 33.0 Å². The summed E-state index contributed by atoms with van der Waals surface area (Å²) >= 11 is 2.65. The Morgan fingerprint density at radius 1 is 1.33 bits per heavy atom. The molecule has 3 rings (SSSR count). The molecule has 126 valence electrons. The Kier molecular flexibility index (Phi) is 4.40. The predicted molar refractivity (Wildman–Crippen MR) is 80.4 cm³/mol. The first-order valence-corrected chi connectivity index (χ1v) is 8.67. The van der Waals surface area contributed by atoms with E-state index in [1.54, 1.807) is 0 Å². The lowest BCUT2D eigenvalue weighted by molar-refractivity contribution is -0.141. The number of aromatic nitrogens is 1. The van der Waals surface area contributed by atoms with Crippen molar-refractivity contribution in [2.75, 3.05) is 0 Å². The summed E-state index contributed by atoms with van der Waals surface area (Å²) in [5, 5.41) is 25.4. The molecule has 0 atom stereocenters. The van der Waals surface area contributed by atoms with Crippen LogP contribution in [0.3, 0.4) is 0 Å². The molecular weight excluding hydrogens is 387 g/mol. The van der Waals surface area contributed by atoms with Gasteiger partial charge in [-0.3, -0.25) is 0 Å². The number of thiophene rings is 1. The largest absolute Gasteiger partial charge is 0.477 e. The summed E-state index contributed by atoms with van der Waals surface area (Å²) in [5.74, 6) is -1.69. The van der Waals surface area contributed by atoms with Crippen LogP contribution in [0.15, 0.2) is 42.5 Å². The quantitative estimate of drug-likeness (QED) is 0.793. The molecule has 0 fully saturated rings. The van der Waals surface area contributed by atoms with E-state index in [1.807, 2.05) is 17.5 Å². The van der Waals surface area contributed by atoms with E-state index in [9.17, 15) is 18.0 Å². The zero-order valence-corrected chi connectivity index (χ0v) is 13.8. The average Bonchev–Trinajstić information content (AvgIpc) is 3.19. The lowest BCUT2D eigenvalue weighted by atomic mass is 10.3. The smallest absolute Gasteiger partial charge is 0.435 e. The van der Waals surface area contributed by atoms with Crippen LogP contribution in [0.25, 0.3) is 0 Å². The number of nitrogens with zero attached hydrogens (tertiary/aromatic N) is 5. The van der Waals surface area contributed by atoms with Crippen molar-refractivity contribution in [1.29, 1.82) is 0 Å². The Morgan fingerprint density at radius 2 is 2.04 bits per heavy atom. The number of hydrogen-bond acceptors (Lipinski definition) is 9. The van der Waals surface area contributed by atoms with Crippen molar-refractivity contribution in [3.63, 3.8) is 0 Å². The summed E-state index contributed by atoms with van der Waals surface area (Å²) in [7, 11) is 0. The number of thioether (sulfide) groups is 1. The zero-order chi connectivity index (χ0) is 17.4. The molecule has 7 nitrogen and oxygen atoms in total. The van der Waals surface area contributed by atoms with Crippen LogP contribution in [-0.2, 0) is 12.6 Å². The maximum Gasteiger partial charge on any atom is 0.435 e. The number of rotatable bonds is 5. The third kappa shape index (κ3) is 3.47. The number of hydrogen-bond donors (Lipinski definition) is 1. The number of carbonyl (C=O) groups is 1. The summed E-state index contributed by atoms with van der Waals surface area (Å²) in [6, 6.07) is 3.64. The number of halogens is 3. The molecule has 0 bridgehead atoms. The Morgan fingerprint density at radius 3 is 2.54 bits per heavy atom. The van der Waals surface area contributed by atoms with Crippen LogP contribution in [0.1, 0.15) is 20.2 Å². The van der Waals surface area contributed by atoms with Gasteiger partial charge in [0.15, 0.2) is 10.0 Å². The van der Waals surface area contributed by atoms with E-state index >= 15 is 0 Å². The topological polar surface area (TPSA) is 99.6 Å². The fourth-order valence-corrected chi connectivity index (χ4v) is 4.95. The van der Waals surface area contributed by atoms with Crippen LogP contribution in [-0.4, -0.2) is 21.1 Å². The minimum absolute atomic E-state index is 0.115. The fraction of sp³-hybridized carbons (Fsp3) is 0.273. The van der Waals surface area contributed by atoms with E-state index in [0.29, 0.717) is 11.3 Å². The van der Waals surface area contributed by atoms with E-state index in [0.717, 1.165) is 16.6 Å². The third-order valence-electron chi connectivity index (χ3n) is 2.75. The number of carboxylic acid groups (broad SMARTS) is 1. The maximum atomic E-state index is 12.9. The fourth-order valence-electron chi connectivity index (χ4n) is 1.81. The van der Waals surface area contributed by atoms with Crippen LogP contribution in [0, 0.1) is 0 Å². The second kappa shape index (κ2) is 6.22. The first-order valence-electron chi connectivity index (χ1n) is 6.16. The molecule has 0 amide bonds. The first-order chi connectivity index (χ1) is 11.3. The first kappa shape index (κ1) is 17.0. The van der Waals surface area contributed by atoms with Gasteiger partial charge in [0.1, 0.15) is 4.88 Å². The van der Waals surface area contributed by atoms with E-state index in [2.05, 4.69) is 25.7 Å². The second-order valence-corrected chi connectivity index (χ2v) is 7.98. The van der Waals surface area contributed by atoms with Gasteiger partial charge in [-0.15, -0.1) is 21.6 Å². The van der Waals surface area contributed by atoms with Crippen LogP contribution < -0.4 is 0 Å². The van der Waals surface area contributed by atoms with Gasteiger partial charge in [0.05, 0.1) is 0 Å². The lowest BCUT2D eigenvalue weighted by Gasteiger charge is -2.16. The molecule has 0 saturated carbocycles. The molecule has 0 unspecified atom stereocenters. The van der Waals surface area contributed by atoms with Crippen molar-refractivity contribution in [2.45, 2.75) is 21.9 Å². The summed E-state index contributed by atoms with van der Waals surface area (Å²) in [5.41, 5.74) is -1.43. The van der Waals surface area contributed by atoms with Crippen molar-refractivity contribution >= 4 is 40.4 Å². The molecule has 1 N–H and O–H groups in total. The van der Waals surface area contributed by atoms with Crippen LogP contribution >= 0.6 is 34.4 Å². The molecule has 0 saturated heterocycles. The maximum absolute atomic E-state index is 12.9. The molecule has 2 aromatic rings. The van der Waals surface area contributed by atoms with Crippen molar-refractivity contribution < 1.29 is 23.1 Å². The Labute approximate surface area is 144 Å². The van der Waals surface area contributed by atoms with Gasteiger partial charge < -0.3 is 5.11 Å². The highest BCUT2D eigenvalue weighted by molar-refractivity contribution is 8.02. The predicted octanol–water partition coefficient (Wildman–Crippen LogP) is 4.74. The molecule has 0 radical (unpaired) electrons. The molecular formula is C11H6F3N5O2S3. The molecule has 3 heterocycles. The standard InChI is InChI=1S/C11H6F3N5O2S3/c12-11(13,14)7-6(8(20)21)23-9(15-7)24-10(16-18-19-17-10)4-5-2-1-3-22-5/h1-3H,4H2,(H,20,21). The average molecular weight is 393 g/mol. The molecule has 24 heavy (non-hydrogen) atoms. The highest BCUT2D eigenvalue weighted by atomic mass is 32.2. The van der Waals surface area contributed by atoms with Crippen molar-refractivity contribution in [1.82, 2.24) is 4.98 Å². The third-order valence-corrected chi connectivity index (χ3v) is 5.86. The van der Waals surface area contributed by atoms with Gasteiger partial charge in [0.25, 0.3) is 4.99 Å². The molecule has 1 aliphatic heterocycles. The summed E-state index contributed by atoms with van der Waals surface area (Å²) < 4.78 is 38.7. The van der Waals surface area contributed by atoms with Crippen LogP contribution in [0.5, 0.6) is 0 Å². The number of aromatic carboxylic acids is 1. The zero-order valence-electron chi connectivity index (χ0n) is 11.4. The number of alkyl halides is 3. The number of thiazole rings is 1. The van der Waals surface area contributed by atoms with Crippen LogP contribution in [0.2, 0.25) is 0 Å². The van der Waals surface area contributed by atoms with Gasteiger partial charge >= 0.3 is 12.1 Å². The molecule has 2 aromatic heterocycles. The highest BCUT2D eigenvalue weighted by Crippen LogP contribution is 2.45. The van der Waals surface area contributed by atoms with Gasteiger partial charge in [-0.05, 0) is 33.7 Å². The van der Waals surface area contributed by atoms with Crippen LogP contribution in [0.4, 0.5) is 13.2 Å². The van der Waals surface area contributed by atoms with Gasteiger partial charge in [-0.2, -0.15) is 13.2 Å². The highest BCUT2D eigenvalue weighted by Gasteiger charge is 2.42. The van der Waals surface area contributed by atoms with E-state index in [1.165, 1.54) is 11.3 Å². The van der Waals surface area contributed by atoms with Gasteiger partial charge in [-0.25, -0.2) is 9.78 Å². The van der Waals surface area contributed by atoms with Crippen molar-refractivity contribution in [2.24, 2.45) is 20.7 Å². The molecule has 0 spiro atoms. The molecule has 0 aliphatic carbocycles. The second-order valence-electron chi connectivity index (χ2n) is 4.44. The van der Waals surface area contributed by atoms with Gasteiger partial charge in [-0.1, -0.05) is 17.4 Å². The molecule has 1 aliphatic rings. The Bertz CT molecular complexity index is 803. The molecule has 0 aromatic carbocycles.